The maximum atomic E-state index is 6.42. The summed E-state index contributed by atoms with van der Waals surface area (Å²) in [6.07, 6.45) is 0. The highest BCUT2D eigenvalue weighted by atomic mass is 16.3. The Kier molecular flexibility index (Phi) is 6.01. The molecule has 0 bridgehead atoms. The molecule has 2 aliphatic carbocycles. The highest BCUT2D eigenvalue weighted by Crippen LogP contribution is 2.55. The van der Waals surface area contributed by atoms with E-state index in [0.29, 0.717) is 0 Å². The first-order valence-corrected chi connectivity index (χ1v) is 17.6. The molecule has 0 aliphatic heterocycles. The molecule has 0 N–H and O–H groups in total. The SMILES string of the molecule is CC1(C)c2ccccc2-c2cc(-c3ccc(N(c4cccc5c4-c4ccccc4C5(C)C)c4cccc5oc6ccccc6c45)cc3)ccc21. The van der Waals surface area contributed by atoms with Crippen molar-refractivity contribution in [2.45, 2.75) is 38.5 Å². The summed E-state index contributed by atoms with van der Waals surface area (Å²) in [6.45, 7) is 9.37. The lowest BCUT2D eigenvalue weighted by molar-refractivity contribution is 0.660. The molecule has 1 aromatic heterocycles. The van der Waals surface area contributed by atoms with Crippen LogP contribution in [-0.4, -0.2) is 0 Å². The van der Waals surface area contributed by atoms with Crippen molar-refractivity contribution < 1.29 is 4.42 Å². The van der Waals surface area contributed by atoms with E-state index in [4.69, 9.17) is 4.42 Å². The van der Waals surface area contributed by atoms with E-state index in [9.17, 15) is 0 Å². The lowest BCUT2D eigenvalue weighted by Gasteiger charge is -2.29. The fraction of sp³-hybridized carbons (Fsp3) is 0.125. The number of nitrogens with zero attached hydrogens (tertiary/aromatic N) is 1. The average molecular weight is 644 g/mol. The molecule has 0 unspecified atom stereocenters. The van der Waals surface area contributed by atoms with E-state index in [1.54, 1.807) is 0 Å². The number of rotatable bonds is 4. The first kappa shape index (κ1) is 29.1. The minimum Gasteiger partial charge on any atom is -0.456 e. The van der Waals surface area contributed by atoms with Gasteiger partial charge in [-0.1, -0.05) is 137 Å². The number of hydrogen-bond donors (Lipinski definition) is 0. The Morgan fingerprint density at radius 2 is 1.02 bits per heavy atom. The molecule has 0 spiro atoms. The molecule has 240 valence electrons. The summed E-state index contributed by atoms with van der Waals surface area (Å²) in [5, 5.41) is 2.24. The predicted octanol–water partition coefficient (Wildman–Crippen LogP) is 13.3. The normalized spacial score (nSPS) is 14.7. The van der Waals surface area contributed by atoms with E-state index in [0.717, 1.165) is 33.3 Å². The second-order valence-corrected chi connectivity index (χ2v) is 14.9. The number of anilines is 3. The summed E-state index contributed by atoms with van der Waals surface area (Å²) in [4.78, 5) is 2.45. The fourth-order valence-corrected chi connectivity index (χ4v) is 8.97. The van der Waals surface area contributed by atoms with Crippen LogP contribution in [0.2, 0.25) is 0 Å². The van der Waals surface area contributed by atoms with Gasteiger partial charge >= 0.3 is 0 Å². The van der Waals surface area contributed by atoms with Crippen molar-refractivity contribution in [3.63, 3.8) is 0 Å². The van der Waals surface area contributed by atoms with Crippen LogP contribution in [0.5, 0.6) is 0 Å². The summed E-state index contributed by atoms with van der Waals surface area (Å²) >= 11 is 0. The third kappa shape index (κ3) is 3.96. The van der Waals surface area contributed by atoms with Crippen molar-refractivity contribution in [2.24, 2.45) is 0 Å². The van der Waals surface area contributed by atoms with E-state index in [-0.39, 0.29) is 10.8 Å². The van der Waals surface area contributed by atoms with Crippen molar-refractivity contribution in [1.82, 2.24) is 0 Å². The third-order valence-electron chi connectivity index (χ3n) is 11.5. The maximum absolute atomic E-state index is 6.42. The first-order chi connectivity index (χ1) is 24.3. The summed E-state index contributed by atoms with van der Waals surface area (Å²) in [5.41, 5.74) is 18.3. The molecule has 2 nitrogen and oxygen atoms in total. The Balaban J connectivity index is 1.17. The van der Waals surface area contributed by atoms with Gasteiger partial charge in [-0.15, -0.1) is 0 Å². The number of para-hydroxylation sites is 1. The molecule has 2 heteroatoms. The van der Waals surface area contributed by atoms with Gasteiger partial charge in [0.2, 0.25) is 0 Å². The van der Waals surface area contributed by atoms with Crippen LogP contribution >= 0.6 is 0 Å². The van der Waals surface area contributed by atoms with Crippen molar-refractivity contribution in [3.05, 3.63) is 174 Å². The maximum Gasteiger partial charge on any atom is 0.137 e. The largest absolute Gasteiger partial charge is 0.456 e. The first-order valence-electron chi connectivity index (χ1n) is 17.6. The highest BCUT2D eigenvalue weighted by Gasteiger charge is 2.38. The average Bonchev–Trinajstić information content (AvgIpc) is 3.73. The zero-order chi connectivity index (χ0) is 33.8. The van der Waals surface area contributed by atoms with Crippen molar-refractivity contribution in [3.8, 4) is 33.4 Å². The lowest BCUT2D eigenvalue weighted by Crippen LogP contribution is -2.16. The van der Waals surface area contributed by atoms with Crippen LogP contribution in [0.3, 0.4) is 0 Å². The van der Waals surface area contributed by atoms with Gasteiger partial charge in [0, 0.05) is 27.5 Å². The van der Waals surface area contributed by atoms with Crippen LogP contribution < -0.4 is 4.90 Å². The van der Waals surface area contributed by atoms with Crippen LogP contribution in [0, 0.1) is 0 Å². The second kappa shape index (κ2) is 10.3. The molecule has 0 saturated carbocycles. The molecule has 0 atom stereocenters. The van der Waals surface area contributed by atoms with E-state index >= 15 is 0 Å². The molecule has 0 radical (unpaired) electrons. The smallest absolute Gasteiger partial charge is 0.137 e. The molecule has 1 heterocycles. The van der Waals surface area contributed by atoms with Crippen LogP contribution in [0.15, 0.2) is 156 Å². The standard InChI is InChI=1S/C48H37NO/c1-47(2)37-16-8-5-13-33(37)36-29-31(25-28-39(36)47)30-23-26-32(27-24-30)49(42-20-12-22-44-46(42)35-15-7-10-21-43(35)50-44)41-19-11-18-40-45(41)34-14-6-9-17-38(34)48(40,3)4/h5-29H,1-4H3. The van der Waals surface area contributed by atoms with Gasteiger partial charge in [-0.05, 0) is 92.5 Å². The Labute approximate surface area is 293 Å². The number of benzene rings is 7. The minimum absolute atomic E-state index is 0.00375. The molecule has 2 aliphatic rings. The Hall–Kier alpha value is -5.86. The summed E-state index contributed by atoms with van der Waals surface area (Å²) in [5.74, 6) is 0. The molecule has 7 aromatic carbocycles. The topological polar surface area (TPSA) is 16.4 Å². The summed E-state index contributed by atoms with van der Waals surface area (Å²) < 4.78 is 6.42. The second-order valence-electron chi connectivity index (χ2n) is 14.9. The molecule has 0 saturated heterocycles. The van der Waals surface area contributed by atoms with Crippen LogP contribution in [0.4, 0.5) is 17.1 Å². The van der Waals surface area contributed by atoms with Gasteiger partial charge in [-0.3, -0.25) is 0 Å². The predicted molar refractivity (Wildman–Crippen MR) is 209 cm³/mol. The molecule has 10 rings (SSSR count). The van der Waals surface area contributed by atoms with E-state index < -0.39 is 0 Å². The Morgan fingerprint density at radius 3 is 1.84 bits per heavy atom. The van der Waals surface area contributed by atoms with E-state index in [1.165, 1.54) is 61.3 Å². The van der Waals surface area contributed by atoms with Crippen LogP contribution in [0.25, 0.3) is 55.3 Å². The molecule has 0 fully saturated rings. The summed E-state index contributed by atoms with van der Waals surface area (Å²) in [6, 6.07) is 55.6. The number of fused-ring (bicyclic) bond motifs is 9. The van der Waals surface area contributed by atoms with Gasteiger partial charge in [0.05, 0.1) is 16.8 Å². The molecule has 0 amide bonds. The fourth-order valence-electron chi connectivity index (χ4n) is 8.97. The monoisotopic (exact) mass is 643 g/mol. The number of furan rings is 1. The van der Waals surface area contributed by atoms with Crippen LogP contribution in [0.1, 0.15) is 49.9 Å². The van der Waals surface area contributed by atoms with Crippen LogP contribution in [-0.2, 0) is 10.8 Å². The zero-order valence-corrected chi connectivity index (χ0v) is 28.8. The minimum atomic E-state index is -0.105. The zero-order valence-electron chi connectivity index (χ0n) is 28.8. The molecular weight excluding hydrogens is 607 g/mol. The van der Waals surface area contributed by atoms with Crippen molar-refractivity contribution in [1.29, 1.82) is 0 Å². The third-order valence-corrected chi connectivity index (χ3v) is 11.5. The van der Waals surface area contributed by atoms with Gasteiger partial charge < -0.3 is 9.32 Å². The quantitative estimate of drug-likeness (QED) is 0.190. The lowest BCUT2D eigenvalue weighted by atomic mass is 9.82. The summed E-state index contributed by atoms with van der Waals surface area (Å²) in [7, 11) is 0. The highest BCUT2D eigenvalue weighted by molar-refractivity contribution is 6.14. The molecular formula is C48H37NO. The van der Waals surface area contributed by atoms with Gasteiger partial charge in [-0.2, -0.15) is 0 Å². The molecule has 50 heavy (non-hydrogen) atoms. The van der Waals surface area contributed by atoms with Gasteiger partial charge in [0.1, 0.15) is 11.2 Å². The Bertz CT molecular complexity index is 2650. The van der Waals surface area contributed by atoms with Crippen molar-refractivity contribution in [2.75, 3.05) is 4.90 Å². The van der Waals surface area contributed by atoms with Gasteiger partial charge in [-0.25, -0.2) is 0 Å². The molecule has 8 aromatic rings. The van der Waals surface area contributed by atoms with E-state index in [2.05, 4.69) is 178 Å². The van der Waals surface area contributed by atoms with Crippen molar-refractivity contribution >= 4 is 39.0 Å². The number of hydrogen-bond acceptors (Lipinski definition) is 2. The Morgan fingerprint density at radius 1 is 0.440 bits per heavy atom. The van der Waals surface area contributed by atoms with Gasteiger partial charge in [0.15, 0.2) is 0 Å². The van der Waals surface area contributed by atoms with Gasteiger partial charge in [0.25, 0.3) is 0 Å². The van der Waals surface area contributed by atoms with E-state index in [1.807, 2.05) is 6.07 Å².